The molecule has 0 saturated heterocycles. The van der Waals surface area contributed by atoms with Gasteiger partial charge in [0, 0.05) is 24.7 Å². The molecule has 0 radical (unpaired) electrons. The number of hydrogen-bond donors (Lipinski definition) is 0. The Labute approximate surface area is 264 Å². The van der Waals surface area contributed by atoms with Crippen LogP contribution in [0.3, 0.4) is 0 Å². The van der Waals surface area contributed by atoms with E-state index in [2.05, 4.69) is 12.1 Å². The third-order valence-corrected chi connectivity index (χ3v) is 10.4. The van der Waals surface area contributed by atoms with Crippen molar-refractivity contribution in [2.45, 2.75) is 82.7 Å². The van der Waals surface area contributed by atoms with Crippen molar-refractivity contribution >= 4 is 33.6 Å². The summed E-state index contributed by atoms with van der Waals surface area (Å²) in [5.74, 6) is 0.777. The number of aliphatic imine (C=N–C) groups is 1. The normalized spacial score (nSPS) is 16.0. The molecule has 2 aliphatic rings. The summed E-state index contributed by atoms with van der Waals surface area (Å²) in [6.07, 6.45) is 6.07. The van der Waals surface area contributed by atoms with Gasteiger partial charge in [0.1, 0.15) is 23.9 Å². The second kappa shape index (κ2) is 13.1. The first-order chi connectivity index (χ1) is 21.6. The van der Waals surface area contributed by atoms with E-state index in [0.717, 1.165) is 48.7 Å². The van der Waals surface area contributed by atoms with Gasteiger partial charge in [0.05, 0.1) is 24.1 Å². The number of rotatable bonds is 12. The molecular weight excluding hydrogens is 596 g/mol. The predicted octanol–water partition coefficient (Wildman–Crippen LogP) is 5.79. The van der Waals surface area contributed by atoms with Crippen molar-refractivity contribution in [3.63, 3.8) is 0 Å². The van der Waals surface area contributed by atoms with Gasteiger partial charge in [0.15, 0.2) is 5.82 Å². The molecule has 1 fully saturated rings. The van der Waals surface area contributed by atoms with E-state index in [-0.39, 0.29) is 35.5 Å². The molecule has 1 saturated carbocycles. The lowest BCUT2D eigenvalue weighted by atomic mass is 9.96. The number of unbranched alkanes of at least 4 members (excludes halogenated alkanes) is 1. The minimum Gasteiger partial charge on any atom is -0.465 e. The summed E-state index contributed by atoms with van der Waals surface area (Å²) in [7, 11) is -1.58. The fraction of sp³-hybridized carbons (Fsp3) is 0.455. The Hall–Kier alpha value is -4.03. The SMILES string of the molecule is CCCCC1=NC2(CCCC2)C(=O)N1Cc1ccc(-c2ccccc2S(=O)(=O)N(COC)c2noc(C)c2C)c(C(=O)OC)c1. The molecule has 1 amide bonds. The molecule has 240 valence electrons. The zero-order chi connectivity index (χ0) is 32.4. The number of carbonyl (C=O) groups excluding carboxylic acids is 2. The highest BCUT2D eigenvalue weighted by Gasteiger charge is 2.49. The molecule has 3 aromatic rings. The highest BCUT2D eigenvalue weighted by molar-refractivity contribution is 7.93. The van der Waals surface area contributed by atoms with Crippen LogP contribution in [0.15, 0.2) is 56.9 Å². The van der Waals surface area contributed by atoms with Crippen molar-refractivity contribution in [2.24, 2.45) is 4.99 Å². The lowest BCUT2D eigenvalue weighted by Gasteiger charge is -2.24. The van der Waals surface area contributed by atoms with Crippen molar-refractivity contribution in [3.8, 4) is 11.1 Å². The van der Waals surface area contributed by atoms with Gasteiger partial charge in [-0.05, 0) is 56.4 Å². The number of hydrogen-bond acceptors (Lipinski definition) is 9. The first-order valence-electron chi connectivity index (χ1n) is 15.2. The first kappa shape index (κ1) is 32.4. The number of anilines is 1. The van der Waals surface area contributed by atoms with Gasteiger partial charge in [-0.3, -0.25) is 14.7 Å². The molecule has 1 spiro atoms. The van der Waals surface area contributed by atoms with Crippen LogP contribution >= 0.6 is 0 Å². The highest BCUT2D eigenvalue weighted by Crippen LogP contribution is 2.41. The Balaban J connectivity index is 1.55. The van der Waals surface area contributed by atoms with Gasteiger partial charge in [-0.2, -0.15) is 0 Å². The quantitative estimate of drug-likeness (QED) is 0.180. The highest BCUT2D eigenvalue weighted by atomic mass is 32.2. The number of methoxy groups -OCH3 is 2. The minimum atomic E-state index is -4.25. The van der Waals surface area contributed by atoms with E-state index in [4.69, 9.17) is 19.0 Å². The number of sulfonamides is 1. The molecule has 0 N–H and O–H groups in total. The van der Waals surface area contributed by atoms with Crippen molar-refractivity contribution < 1.29 is 32.0 Å². The molecule has 5 rings (SSSR count). The van der Waals surface area contributed by atoms with Crippen molar-refractivity contribution in [1.29, 1.82) is 0 Å². The summed E-state index contributed by atoms with van der Waals surface area (Å²) in [6, 6.07) is 11.6. The third-order valence-electron chi connectivity index (χ3n) is 8.67. The van der Waals surface area contributed by atoms with Crippen molar-refractivity contribution in [2.75, 3.05) is 25.3 Å². The molecule has 0 bridgehead atoms. The number of ether oxygens (including phenoxy) is 2. The van der Waals surface area contributed by atoms with E-state index in [1.807, 2.05) is 6.07 Å². The molecule has 1 aliphatic carbocycles. The molecule has 0 atom stereocenters. The number of carbonyl (C=O) groups is 2. The van der Waals surface area contributed by atoms with Gasteiger partial charge in [-0.15, -0.1) is 0 Å². The fourth-order valence-corrected chi connectivity index (χ4v) is 7.70. The standard InChI is InChI=1S/C33H40N4O7S/c1-6-7-14-29-34-33(17-10-11-18-33)32(39)36(29)20-24-15-16-25(27(19-24)31(38)43-5)26-12-8-9-13-28(26)45(40,41)37(21-42-4)30-22(2)23(3)44-35-30/h8-9,12-13,15-16,19H,6-7,10-11,14,17-18,20-21H2,1-5H3. The molecule has 1 aromatic heterocycles. The maximum atomic E-state index is 14.2. The number of esters is 1. The predicted molar refractivity (Wildman–Crippen MR) is 169 cm³/mol. The number of nitrogens with zero attached hydrogens (tertiary/aromatic N) is 4. The molecule has 1 aliphatic heterocycles. The van der Waals surface area contributed by atoms with Crippen LogP contribution in [0.5, 0.6) is 0 Å². The largest absolute Gasteiger partial charge is 0.465 e. The van der Waals surface area contributed by atoms with Crippen LogP contribution in [-0.2, 0) is 30.8 Å². The van der Waals surface area contributed by atoms with Crippen LogP contribution in [0.2, 0.25) is 0 Å². The van der Waals surface area contributed by atoms with E-state index in [1.165, 1.54) is 20.3 Å². The van der Waals surface area contributed by atoms with Crippen LogP contribution in [-0.4, -0.2) is 62.7 Å². The molecule has 2 heterocycles. The molecule has 45 heavy (non-hydrogen) atoms. The minimum absolute atomic E-state index is 0.0165. The Morgan fingerprint density at radius 2 is 1.82 bits per heavy atom. The number of amidine groups is 1. The lowest BCUT2D eigenvalue weighted by molar-refractivity contribution is -0.131. The molecule has 11 nitrogen and oxygen atoms in total. The maximum absolute atomic E-state index is 14.2. The average Bonchev–Trinajstić information content (AvgIpc) is 3.72. The van der Waals surface area contributed by atoms with E-state index in [1.54, 1.807) is 49.1 Å². The second-order valence-electron chi connectivity index (χ2n) is 11.6. The summed E-state index contributed by atoms with van der Waals surface area (Å²) in [4.78, 5) is 33.6. The van der Waals surface area contributed by atoms with Gasteiger partial charge in [0.25, 0.3) is 15.9 Å². The summed E-state index contributed by atoms with van der Waals surface area (Å²) in [6.45, 7) is 5.47. The molecule has 0 unspecified atom stereocenters. The van der Waals surface area contributed by atoms with Gasteiger partial charge < -0.3 is 14.0 Å². The molecule has 12 heteroatoms. The average molecular weight is 637 g/mol. The Morgan fingerprint density at radius 3 is 2.47 bits per heavy atom. The number of aryl methyl sites for hydroxylation is 1. The fourth-order valence-electron chi connectivity index (χ4n) is 6.12. The molecule has 2 aromatic carbocycles. The third kappa shape index (κ3) is 6.00. The van der Waals surface area contributed by atoms with Crippen LogP contribution in [0.4, 0.5) is 5.82 Å². The number of benzene rings is 2. The van der Waals surface area contributed by atoms with Crippen LogP contribution in [0, 0.1) is 13.8 Å². The zero-order valence-electron chi connectivity index (χ0n) is 26.5. The first-order valence-corrected chi connectivity index (χ1v) is 16.7. The van der Waals surface area contributed by atoms with Gasteiger partial charge in [-0.25, -0.2) is 17.5 Å². The Morgan fingerprint density at radius 1 is 1.09 bits per heavy atom. The van der Waals surface area contributed by atoms with E-state index in [0.29, 0.717) is 34.4 Å². The maximum Gasteiger partial charge on any atom is 0.338 e. The van der Waals surface area contributed by atoms with Gasteiger partial charge in [-0.1, -0.05) is 61.7 Å². The topological polar surface area (TPSA) is 132 Å². The van der Waals surface area contributed by atoms with Crippen molar-refractivity contribution in [1.82, 2.24) is 10.1 Å². The summed E-state index contributed by atoms with van der Waals surface area (Å²) in [5, 5.41) is 3.98. The number of amides is 1. The lowest BCUT2D eigenvalue weighted by Crippen LogP contribution is -2.40. The van der Waals surface area contributed by atoms with E-state index >= 15 is 0 Å². The summed E-state index contributed by atoms with van der Waals surface area (Å²) >= 11 is 0. The van der Waals surface area contributed by atoms with E-state index < -0.39 is 21.5 Å². The zero-order valence-corrected chi connectivity index (χ0v) is 27.3. The monoisotopic (exact) mass is 636 g/mol. The smallest absolute Gasteiger partial charge is 0.338 e. The summed E-state index contributed by atoms with van der Waals surface area (Å²) < 4.78 is 45.1. The van der Waals surface area contributed by atoms with Crippen LogP contribution in [0.1, 0.15) is 79.1 Å². The van der Waals surface area contributed by atoms with Crippen molar-refractivity contribution in [3.05, 3.63) is 64.9 Å². The second-order valence-corrected chi connectivity index (χ2v) is 13.4. The van der Waals surface area contributed by atoms with Crippen LogP contribution in [0.25, 0.3) is 11.1 Å². The Kier molecular flexibility index (Phi) is 9.45. The summed E-state index contributed by atoms with van der Waals surface area (Å²) in [5.41, 5.74) is 1.45. The van der Waals surface area contributed by atoms with Gasteiger partial charge in [0.2, 0.25) is 0 Å². The number of aromatic nitrogens is 1. The van der Waals surface area contributed by atoms with E-state index in [9.17, 15) is 18.0 Å². The Bertz CT molecular complexity index is 1720. The van der Waals surface area contributed by atoms with Gasteiger partial charge >= 0.3 is 5.97 Å². The molecular formula is C33H40N4O7S. The van der Waals surface area contributed by atoms with Crippen LogP contribution < -0.4 is 4.31 Å².